The highest BCUT2D eigenvalue weighted by Crippen LogP contribution is 2.39. The summed E-state index contributed by atoms with van der Waals surface area (Å²) in [6.45, 7) is 16.5. The maximum absolute atomic E-state index is 13.3. The van der Waals surface area contributed by atoms with Crippen molar-refractivity contribution >= 4 is 11.6 Å². The fourth-order valence-electron chi connectivity index (χ4n) is 5.95. The summed E-state index contributed by atoms with van der Waals surface area (Å²) in [7, 11) is 0. The quantitative estimate of drug-likeness (QED) is 0.548. The SMILES string of the molecule is CC1CN(C[C@@H]2CC(C)(C)C(=O)N2c2ccc(OCCCN3CCCC3C)cc2)CC(C)O1. The van der Waals surface area contributed by atoms with Gasteiger partial charge in [0.1, 0.15) is 5.75 Å². The molecule has 0 bridgehead atoms. The van der Waals surface area contributed by atoms with Crippen molar-refractivity contribution in [3.8, 4) is 5.75 Å². The number of nitrogens with zero attached hydrogens (tertiary/aromatic N) is 3. The molecule has 33 heavy (non-hydrogen) atoms. The Labute approximate surface area is 200 Å². The zero-order valence-corrected chi connectivity index (χ0v) is 21.3. The second-order valence-electron chi connectivity index (χ2n) is 11.1. The van der Waals surface area contributed by atoms with Crippen molar-refractivity contribution in [2.24, 2.45) is 5.41 Å². The summed E-state index contributed by atoms with van der Waals surface area (Å²) in [5.41, 5.74) is 0.638. The van der Waals surface area contributed by atoms with Crippen LogP contribution in [0.2, 0.25) is 0 Å². The van der Waals surface area contributed by atoms with Gasteiger partial charge in [0, 0.05) is 43.3 Å². The summed E-state index contributed by atoms with van der Waals surface area (Å²) in [5.74, 6) is 1.10. The van der Waals surface area contributed by atoms with Crippen molar-refractivity contribution in [1.82, 2.24) is 9.80 Å². The van der Waals surface area contributed by atoms with Gasteiger partial charge in [-0.1, -0.05) is 13.8 Å². The fourth-order valence-corrected chi connectivity index (χ4v) is 5.95. The third-order valence-electron chi connectivity index (χ3n) is 7.54. The van der Waals surface area contributed by atoms with Gasteiger partial charge in [-0.15, -0.1) is 0 Å². The van der Waals surface area contributed by atoms with E-state index in [-0.39, 0.29) is 29.6 Å². The first-order chi connectivity index (χ1) is 15.7. The first-order valence-electron chi connectivity index (χ1n) is 12.9. The maximum Gasteiger partial charge on any atom is 0.233 e. The van der Waals surface area contributed by atoms with E-state index in [1.54, 1.807) is 0 Å². The number of hydrogen-bond donors (Lipinski definition) is 0. The van der Waals surface area contributed by atoms with Crippen LogP contribution in [0.5, 0.6) is 5.75 Å². The highest BCUT2D eigenvalue weighted by molar-refractivity contribution is 6.00. The molecule has 3 saturated heterocycles. The van der Waals surface area contributed by atoms with Gasteiger partial charge in [-0.25, -0.2) is 0 Å². The molecule has 0 spiro atoms. The molecule has 3 unspecified atom stereocenters. The lowest BCUT2D eigenvalue weighted by Gasteiger charge is -2.38. The average molecular weight is 458 g/mol. The van der Waals surface area contributed by atoms with Crippen molar-refractivity contribution in [2.45, 2.75) is 84.6 Å². The highest BCUT2D eigenvalue weighted by atomic mass is 16.5. The lowest BCUT2D eigenvalue weighted by atomic mass is 9.89. The lowest BCUT2D eigenvalue weighted by Crippen LogP contribution is -2.50. The molecular weight excluding hydrogens is 414 g/mol. The summed E-state index contributed by atoms with van der Waals surface area (Å²) in [5, 5.41) is 0. The minimum atomic E-state index is -0.337. The normalized spacial score (nSPS) is 30.8. The van der Waals surface area contributed by atoms with E-state index in [1.807, 2.05) is 17.0 Å². The van der Waals surface area contributed by atoms with Gasteiger partial charge in [0.25, 0.3) is 0 Å². The molecule has 0 saturated carbocycles. The molecule has 3 aliphatic rings. The molecule has 0 aliphatic carbocycles. The van der Waals surface area contributed by atoms with E-state index in [9.17, 15) is 4.79 Å². The third-order valence-corrected chi connectivity index (χ3v) is 7.54. The monoisotopic (exact) mass is 457 g/mol. The van der Waals surface area contributed by atoms with E-state index in [1.165, 1.54) is 19.4 Å². The Morgan fingerprint density at radius 1 is 1.09 bits per heavy atom. The number of carbonyl (C=O) groups is 1. The van der Waals surface area contributed by atoms with Crippen LogP contribution in [-0.2, 0) is 9.53 Å². The van der Waals surface area contributed by atoms with Gasteiger partial charge in [0.15, 0.2) is 0 Å². The molecule has 1 aromatic rings. The van der Waals surface area contributed by atoms with Crippen LogP contribution in [0.25, 0.3) is 0 Å². The van der Waals surface area contributed by atoms with Crippen molar-refractivity contribution in [1.29, 1.82) is 0 Å². The molecule has 4 atom stereocenters. The van der Waals surface area contributed by atoms with Gasteiger partial charge >= 0.3 is 0 Å². The van der Waals surface area contributed by atoms with Gasteiger partial charge < -0.3 is 19.3 Å². The number of ether oxygens (including phenoxy) is 2. The minimum absolute atomic E-state index is 0.180. The molecule has 6 heteroatoms. The van der Waals surface area contributed by atoms with E-state index < -0.39 is 0 Å². The standard InChI is InChI=1S/C27H43N3O3/c1-20-8-6-13-29(20)14-7-15-32-25-11-9-23(10-12-25)30-24(16-27(4,5)26(30)31)19-28-17-21(2)33-22(3)18-28/h9-12,20-22,24H,6-8,13-19H2,1-5H3/t20?,21?,22?,24-/m0/s1. The average Bonchev–Trinajstić information content (AvgIpc) is 3.25. The molecule has 6 nitrogen and oxygen atoms in total. The van der Waals surface area contributed by atoms with Crippen molar-refractivity contribution in [3.63, 3.8) is 0 Å². The van der Waals surface area contributed by atoms with Crippen LogP contribution in [0.4, 0.5) is 5.69 Å². The summed E-state index contributed by atoms with van der Waals surface area (Å²) < 4.78 is 11.9. The number of morpholine rings is 1. The molecule has 1 aromatic carbocycles. The molecule has 3 heterocycles. The Hall–Kier alpha value is -1.63. The van der Waals surface area contributed by atoms with Crippen molar-refractivity contribution in [3.05, 3.63) is 24.3 Å². The highest BCUT2D eigenvalue weighted by Gasteiger charge is 2.46. The van der Waals surface area contributed by atoms with Crippen molar-refractivity contribution < 1.29 is 14.3 Å². The minimum Gasteiger partial charge on any atom is -0.494 e. The number of benzene rings is 1. The van der Waals surface area contributed by atoms with Gasteiger partial charge in [0.05, 0.1) is 24.9 Å². The largest absolute Gasteiger partial charge is 0.494 e. The summed E-state index contributed by atoms with van der Waals surface area (Å²) in [6.07, 6.45) is 5.02. The second kappa shape index (κ2) is 10.3. The molecule has 3 aliphatic heterocycles. The number of carbonyl (C=O) groups excluding carboxylic acids is 1. The van der Waals surface area contributed by atoms with Gasteiger partial charge in [-0.2, -0.15) is 0 Å². The van der Waals surface area contributed by atoms with E-state index in [0.29, 0.717) is 6.04 Å². The molecule has 3 fully saturated rings. The zero-order chi connectivity index (χ0) is 23.6. The van der Waals surface area contributed by atoms with E-state index in [2.05, 4.69) is 56.6 Å². The van der Waals surface area contributed by atoms with Crippen LogP contribution in [0.15, 0.2) is 24.3 Å². The Morgan fingerprint density at radius 3 is 2.42 bits per heavy atom. The molecule has 4 rings (SSSR count). The van der Waals surface area contributed by atoms with Gasteiger partial charge in [-0.05, 0) is 77.3 Å². The van der Waals surface area contributed by atoms with E-state index in [0.717, 1.165) is 57.1 Å². The molecule has 0 N–H and O–H groups in total. The maximum atomic E-state index is 13.3. The van der Waals surface area contributed by atoms with Crippen LogP contribution in [0.3, 0.4) is 0 Å². The predicted molar refractivity (Wildman–Crippen MR) is 133 cm³/mol. The lowest BCUT2D eigenvalue weighted by molar-refractivity contribution is -0.124. The Morgan fingerprint density at radius 2 is 1.79 bits per heavy atom. The Bertz CT molecular complexity index is 786. The Balaban J connectivity index is 1.35. The van der Waals surface area contributed by atoms with Crippen LogP contribution >= 0.6 is 0 Å². The fraction of sp³-hybridized carbons (Fsp3) is 0.741. The van der Waals surface area contributed by atoms with E-state index >= 15 is 0 Å². The first kappa shape index (κ1) is 24.5. The predicted octanol–water partition coefficient (Wildman–Crippen LogP) is 4.18. The summed E-state index contributed by atoms with van der Waals surface area (Å²) >= 11 is 0. The topological polar surface area (TPSA) is 45.2 Å². The van der Waals surface area contributed by atoms with Crippen LogP contribution in [-0.4, -0.2) is 79.3 Å². The van der Waals surface area contributed by atoms with Crippen molar-refractivity contribution in [2.75, 3.05) is 44.2 Å². The number of rotatable bonds is 8. The molecule has 0 aromatic heterocycles. The van der Waals surface area contributed by atoms with Gasteiger partial charge in [-0.3, -0.25) is 9.69 Å². The van der Waals surface area contributed by atoms with Crippen LogP contribution in [0, 0.1) is 5.41 Å². The summed E-state index contributed by atoms with van der Waals surface area (Å²) in [4.78, 5) is 20.4. The van der Waals surface area contributed by atoms with E-state index in [4.69, 9.17) is 9.47 Å². The molecule has 1 amide bonds. The summed E-state index contributed by atoms with van der Waals surface area (Å²) in [6, 6.07) is 9.02. The number of likely N-dealkylation sites (tertiary alicyclic amines) is 1. The zero-order valence-electron chi connectivity index (χ0n) is 21.3. The number of anilines is 1. The smallest absolute Gasteiger partial charge is 0.233 e. The van der Waals surface area contributed by atoms with Crippen LogP contribution in [0.1, 0.15) is 60.3 Å². The number of hydrogen-bond acceptors (Lipinski definition) is 5. The molecule has 0 radical (unpaired) electrons. The molecular formula is C27H43N3O3. The van der Waals surface area contributed by atoms with Gasteiger partial charge in [0.2, 0.25) is 5.91 Å². The van der Waals surface area contributed by atoms with Crippen LogP contribution < -0.4 is 9.64 Å². The second-order valence-corrected chi connectivity index (χ2v) is 11.1. The Kier molecular flexibility index (Phi) is 7.66. The molecule has 184 valence electrons. The number of amides is 1. The first-order valence-corrected chi connectivity index (χ1v) is 12.9. The third kappa shape index (κ3) is 5.90.